The highest BCUT2D eigenvalue weighted by molar-refractivity contribution is 7.92. The zero-order chi connectivity index (χ0) is 26.3. The van der Waals surface area contributed by atoms with E-state index in [0.717, 1.165) is 33.7 Å². The van der Waals surface area contributed by atoms with Crippen LogP contribution in [0.5, 0.6) is 5.75 Å². The number of nitrogens with one attached hydrogen (secondary N) is 1. The lowest BCUT2D eigenvalue weighted by atomic mass is 10.1. The number of rotatable bonds is 11. The molecule has 0 aliphatic carbocycles. The van der Waals surface area contributed by atoms with Crippen molar-refractivity contribution in [3.63, 3.8) is 0 Å². The Morgan fingerprint density at radius 2 is 1.66 bits per heavy atom. The van der Waals surface area contributed by atoms with Gasteiger partial charge in [0.2, 0.25) is 21.8 Å². The number of aryl methyl sites for hydroxylation is 2. The Morgan fingerprint density at radius 3 is 2.17 bits per heavy atom. The number of hydrogen-bond donors (Lipinski definition) is 1. The van der Waals surface area contributed by atoms with Crippen molar-refractivity contribution in [3.05, 3.63) is 59.2 Å². The van der Waals surface area contributed by atoms with Crippen molar-refractivity contribution >= 4 is 27.5 Å². The number of carbonyl (C=O) groups is 2. The number of anilines is 1. The Morgan fingerprint density at radius 1 is 1.03 bits per heavy atom. The average molecular weight is 504 g/mol. The van der Waals surface area contributed by atoms with Gasteiger partial charge < -0.3 is 15.0 Å². The normalized spacial score (nSPS) is 13.0. The first kappa shape index (κ1) is 28.2. The van der Waals surface area contributed by atoms with E-state index in [1.807, 2.05) is 45.9 Å². The molecule has 2 rings (SSSR count). The molecule has 2 aromatic rings. The number of benzene rings is 2. The first-order chi connectivity index (χ1) is 16.4. The molecule has 192 valence electrons. The summed E-state index contributed by atoms with van der Waals surface area (Å²) in [5.74, 6) is -0.0956. The van der Waals surface area contributed by atoms with Gasteiger partial charge in [0, 0.05) is 12.6 Å². The molecule has 0 radical (unpaired) electrons. The Kier molecular flexibility index (Phi) is 9.71. The molecular weight excluding hydrogens is 466 g/mol. The van der Waals surface area contributed by atoms with Crippen LogP contribution >= 0.6 is 0 Å². The maximum Gasteiger partial charge on any atom is 0.244 e. The SMILES string of the molecule is CC[C@@H](C)NC(=O)[C@H](C)N(Cc1ccc(OC)cc1)C(=O)CN(c1ccc(C)c(C)c1)S(C)(=O)=O. The third kappa shape index (κ3) is 7.71. The van der Waals surface area contributed by atoms with E-state index in [1.165, 1.54) is 4.90 Å². The summed E-state index contributed by atoms with van der Waals surface area (Å²) in [7, 11) is -2.19. The van der Waals surface area contributed by atoms with Gasteiger partial charge in [0.25, 0.3) is 0 Å². The van der Waals surface area contributed by atoms with Gasteiger partial charge in [-0.15, -0.1) is 0 Å². The number of ether oxygens (including phenoxy) is 1. The molecule has 9 heteroatoms. The molecule has 0 aliphatic rings. The van der Waals surface area contributed by atoms with E-state index >= 15 is 0 Å². The van der Waals surface area contributed by atoms with Crippen LogP contribution in [0, 0.1) is 13.8 Å². The predicted octanol–water partition coefficient (Wildman–Crippen LogP) is 3.41. The first-order valence-corrected chi connectivity index (χ1v) is 13.5. The minimum Gasteiger partial charge on any atom is -0.497 e. The number of methoxy groups -OCH3 is 1. The first-order valence-electron chi connectivity index (χ1n) is 11.6. The summed E-state index contributed by atoms with van der Waals surface area (Å²) in [6, 6.07) is 11.6. The molecule has 0 bridgehead atoms. The van der Waals surface area contributed by atoms with E-state index in [9.17, 15) is 18.0 Å². The van der Waals surface area contributed by atoms with Gasteiger partial charge in [0.1, 0.15) is 18.3 Å². The molecular formula is C26H37N3O5S. The average Bonchev–Trinajstić information content (AvgIpc) is 2.81. The van der Waals surface area contributed by atoms with E-state index < -0.39 is 28.5 Å². The molecule has 0 unspecified atom stereocenters. The maximum atomic E-state index is 13.6. The largest absolute Gasteiger partial charge is 0.497 e. The fraction of sp³-hybridized carbons (Fsp3) is 0.462. The Labute approximate surface area is 209 Å². The lowest BCUT2D eigenvalue weighted by molar-refractivity contribution is -0.139. The van der Waals surface area contributed by atoms with Crippen molar-refractivity contribution < 1.29 is 22.7 Å². The molecule has 0 saturated carbocycles. The second kappa shape index (κ2) is 12.1. The van der Waals surface area contributed by atoms with Gasteiger partial charge >= 0.3 is 0 Å². The summed E-state index contributed by atoms with van der Waals surface area (Å²) >= 11 is 0. The summed E-state index contributed by atoms with van der Waals surface area (Å²) in [5, 5.41) is 2.91. The molecule has 2 aromatic carbocycles. The van der Waals surface area contributed by atoms with E-state index in [0.29, 0.717) is 11.4 Å². The van der Waals surface area contributed by atoms with Gasteiger partial charge in [0.05, 0.1) is 19.1 Å². The zero-order valence-electron chi connectivity index (χ0n) is 21.7. The summed E-state index contributed by atoms with van der Waals surface area (Å²) in [5.41, 5.74) is 3.13. The minimum atomic E-state index is -3.76. The van der Waals surface area contributed by atoms with Crippen LogP contribution in [0.4, 0.5) is 5.69 Å². The molecule has 35 heavy (non-hydrogen) atoms. The van der Waals surface area contributed by atoms with Crippen LogP contribution < -0.4 is 14.4 Å². The molecule has 0 fully saturated rings. The zero-order valence-corrected chi connectivity index (χ0v) is 22.5. The molecule has 8 nitrogen and oxygen atoms in total. The smallest absolute Gasteiger partial charge is 0.244 e. The molecule has 0 spiro atoms. The van der Waals surface area contributed by atoms with Crippen LogP contribution in [0.2, 0.25) is 0 Å². The Hall–Kier alpha value is -3.07. The molecule has 0 heterocycles. The minimum absolute atomic E-state index is 0.0501. The standard InChI is InChI=1S/C26H37N3O5S/c1-8-20(4)27-26(31)21(5)28(16-22-10-13-24(34-6)14-11-22)25(30)17-29(35(7,32)33)23-12-9-18(2)19(3)15-23/h9-15,20-21H,8,16-17H2,1-7H3,(H,27,31)/t20-,21+/m1/s1. The third-order valence-electron chi connectivity index (χ3n) is 6.14. The molecule has 2 atom stereocenters. The van der Waals surface area contributed by atoms with Crippen molar-refractivity contribution in [3.8, 4) is 5.75 Å². The Bertz CT molecular complexity index is 1130. The number of carbonyl (C=O) groups excluding carboxylic acids is 2. The van der Waals surface area contributed by atoms with E-state index in [1.54, 1.807) is 38.3 Å². The lowest BCUT2D eigenvalue weighted by Crippen LogP contribution is -2.52. The van der Waals surface area contributed by atoms with Crippen molar-refractivity contribution in [1.82, 2.24) is 10.2 Å². The van der Waals surface area contributed by atoms with E-state index in [2.05, 4.69) is 5.32 Å². The van der Waals surface area contributed by atoms with Crippen molar-refractivity contribution in [2.45, 2.75) is 59.7 Å². The fourth-order valence-electron chi connectivity index (χ4n) is 3.47. The van der Waals surface area contributed by atoms with E-state index in [4.69, 9.17) is 4.74 Å². The van der Waals surface area contributed by atoms with Crippen molar-refractivity contribution in [1.29, 1.82) is 0 Å². The van der Waals surface area contributed by atoms with E-state index in [-0.39, 0.29) is 18.5 Å². The summed E-state index contributed by atoms with van der Waals surface area (Å²) < 4.78 is 31.6. The van der Waals surface area contributed by atoms with Crippen molar-refractivity contribution in [2.75, 3.05) is 24.2 Å². The van der Waals surface area contributed by atoms with Crippen LogP contribution in [0.1, 0.15) is 43.9 Å². The van der Waals surface area contributed by atoms with Crippen LogP contribution in [0.3, 0.4) is 0 Å². The highest BCUT2D eigenvalue weighted by Gasteiger charge is 2.30. The number of nitrogens with zero attached hydrogens (tertiary/aromatic N) is 2. The third-order valence-corrected chi connectivity index (χ3v) is 7.28. The van der Waals surface area contributed by atoms with Gasteiger partial charge in [-0.05, 0) is 75.1 Å². The van der Waals surface area contributed by atoms with Gasteiger partial charge in [-0.25, -0.2) is 8.42 Å². The van der Waals surface area contributed by atoms with Gasteiger partial charge in [-0.2, -0.15) is 0 Å². The highest BCUT2D eigenvalue weighted by Crippen LogP contribution is 2.22. The molecule has 0 aliphatic heterocycles. The fourth-order valence-corrected chi connectivity index (χ4v) is 4.31. The Balaban J connectivity index is 2.40. The topological polar surface area (TPSA) is 96.0 Å². The van der Waals surface area contributed by atoms with Gasteiger partial charge in [-0.1, -0.05) is 25.1 Å². The number of hydrogen-bond acceptors (Lipinski definition) is 5. The summed E-state index contributed by atoms with van der Waals surface area (Å²) in [6.07, 6.45) is 1.82. The van der Waals surface area contributed by atoms with Gasteiger partial charge in [-0.3, -0.25) is 13.9 Å². The predicted molar refractivity (Wildman–Crippen MR) is 139 cm³/mol. The monoisotopic (exact) mass is 503 g/mol. The van der Waals surface area contributed by atoms with Crippen molar-refractivity contribution in [2.24, 2.45) is 0 Å². The number of amides is 2. The highest BCUT2D eigenvalue weighted by atomic mass is 32.2. The second-order valence-corrected chi connectivity index (χ2v) is 10.8. The molecule has 2 amide bonds. The van der Waals surface area contributed by atoms with Gasteiger partial charge in [0.15, 0.2) is 0 Å². The molecule has 1 N–H and O–H groups in total. The molecule has 0 saturated heterocycles. The lowest BCUT2D eigenvalue weighted by Gasteiger charge is -2.32. The van der Waals surface area contributed by atoms with Crippen LogP contribution in [0.15, 0.2) is 42.5 Å². The summed E-state index contributed by atoms with van der Waals surface area (Å²) in [4.78, 5) is 27.9. The van der Waals surface area contributed by atoms with Crippen LogP contribution in [0.25, 0.3) is 0 Å². The maximum absolute atomic E-state index is 13.6. The summed E-state index contributed by atoms with van der Waals surface area (Å²) in [6.45, 7) is 9.05. The van der Waals surface area contributed by atoms with Crippen LogP contribution in [-0.2, 0) is 26.2 Å². The quantitative estimate of drug-likeness (QED) is 0.507. The van der Waals surface area contributed by atoms with Crippen LogP contribution in [-0.4, -0.2) is 57.1 Å². The molecule has 0 aromatic heterocycles. The number of sulfonamides is 1. The second-order valence-electron chi connectivity index (χ2n) is 8.90.